The third-order valence-corrected chi connectivity index (χ3v) is 5.12. The molecule has 0 aromatic carbocycles. The summed E-state index contributed by atoms with van der Waals surface area (Å²) in [5, 5.41) is 3.99. The zero-order valence-electron chi connectivity index (χ0n) is 12.7. The second-order valence-corrected chi connectivity index (χ2v) is 6.99. The van der Waals surface area contributed by atoms with Crippen molar-refractivity contribution in [2.24, 2.45) is 11.1 Å². The van der Waals surface area contributed by atoms with Crippen molar-refractivity contribution in [2.45, 2.75) is 43.9 Å². The molecule has 23 heavy (non-hydrogen) atoms. The second-order valence-electron chi connectivity index (χ2n) is 6.99. The van der Waals surface area contributed by atoms with Crippen molar-refractivity contribution in [3.63, 3.8) is 0 Å². The largest absolute Gasteiger partial charge is 0.338 e. The molecule has 0 radical (unpaired) electrons. The Kier molecular flexibility index (Phi) is 2.88. The van der Waals surface area contributed by atoms with Gasteiger partial charge in [-0.15, -0.1) is 0 Å². The van der Waals surface area contributed by atoms with E-state index in [9.17, 15) is 8.78 Å². The Morgan fingerprint density at radius 1 is 1.26 bits per heavy atom. The summed E-state index contributed by atoms with van der Waals surface area (Å²) >= 11 is 0. The Hall–Kier alpha value is -1.96. The highest BCUT2D eigenvalue weighted by atomic mass is 19.3. The average molecular weight is 321 g/mol. The van der Waals surface area contributed by atoms with E-state index in [-0.39, 0.29) is 18.3 Å². The van der Waals surface area contributed by atoms with Crippen molar-refractivity contribution in [3.8, 4) is 11.4 Å². The van der Waals surface area contributed by atoms with Gasteiger partial charge in [0, 0.05) is 25.6 Å². The molecule has 0 atom stereocenters. The third-order valence-electron chi connectivity index (χ3n) is 5.12. The number of hydrogen-bond acceptors (Lipinski definition) is 6. The standard InChI is InChI=1S/C15H17F2N5O/c1-9-10(2-19-8-20-9)11-21-12(23-22-11)14(7-18)3-13(4-14)5-15(16,17)6-13/h2,8H,3-7,18H2,1H3. The summed E-state index contributed by atoms with van der Waals surface area (Å²) in [5.74, 6) is -1.69. The van der Waals surface area contributed by atoms with Crippen LogP contribution in [-0.2, 0) is 5.41 Å². The molecule has 2 saturated carbocycles. The predicted octanol–water partition coefficient (Wildman–Crippen LogP) is 2.24. The van der Waals surface area contributed by atoms with Gasteiger partial charge in [0.2, 0.25) is 17.6 Å². The van der Waals surface area contributed by atoms with Gasteiger partial charge in [-0.2, -0.15) is 4.98 Å². The van der Waals surface area contributed by atoms with Gasteiger partial charge >= 0.3 is 0 Å². The van der Waals surface area contributed by atoms with E-state index in [2.05, 4.69) is 20.1 Å². The Bertz CT molecular complexity index is 744. The fraction of sp³-hybridized carbons (Fsp3) is 0.600. The van der Waals surface area contributed by atoms with E-state index in [4.69, 9.17) is 10.3 Å². The number of aryl methyl sites for hydroxylation is 1. The summed E-state index contributed by atoms with van der Waals surface area (Å²) in [6.07, 6.45) is 4.12. The summed E-state index contributed by atoms with van der Waals surface area (Å²) in [7, 11) is 0. The predicted molar refractivity (Wildman–Crippen MR) is 76.6 cm³/mol. The lowest BCUT2D eigenvalue weighted by atomic mass is 9.44. The number of nitrogens with zero attached hydrogens (tertiary/aromatic N) is 4. The smallest absolute Gasteiger partial charge is 0.249 e. The SMILES string of the molecule is Cc1ncncc1-c1noc(C2(CN)CC3(CC(F)(F)C3)C2)n1. The summed E-state index contributed by atoms with van der Waals surface area (Å²) in [6, 6.07) is 0. The first kappa shape index (κ1) is 14.6. The molecule has 2 aromatic heterocycles. The van der Waals surface area contributed by atoms with E-state index < -0.39 is 11.3 Å². The van der Waals surface area contributed by atoms with Gasteiger partial charge in [-0.1, -0.05) is 5.16 Å². The molecule has 0 bridgehead atoms. The van der Waals surface area contributed by atoms with Crippen LogP contribution in [-0.4, -0.2) is 32.6 Å². The van der Waals surface area contributed by atoms with Crippen molar-refractivity contribution in [2.75, 3.05) is 6.54 Å². The van der Waals surface area contributed by atoms with Crippen LogP contribution in [0, 0.1) is 12.3 Å². The van der Waals surface area contributed by atoms with E-state index in [1.807, 2.05) is 6.92 Å². The molecular weight excluding hydrogens is 304 g/mol. The van der Waals surface area contributed by atoms with Gasteiger partial charge in [-0.05, 0) is 25.2 Å². The van der Waals surface area contributed by atoms with Crippen LogP contribution >= 0.6 is 0 Å². The normalized spacial score (nSPS) is 23.3. The molecule has 2 aliphatic rings. The Balaban J connectivity index is 1.58. The number of rotatable bonds is 3. The molecule has 2 heterocycles. The zero-order valence-corrected chi connectivity index (χ0v) is 12.7. The van der Waals surface area contributed by atoms with E-state index in [0.29, 0.717) is 36.7 Å². The van der Waals surface area contributed by atoms with E-state index in [1.54, 1.807) is 6.20 Å². The molecule has 2 fully saturated rings. The molecule has 1 spiro atoms. The van der Waals surface area contributed by atoms with Crippen molar-refractivity contribution in [3.05, 3.63) is 24.1 Å². The van der Waals surface area contributed by atoms with E-state index >= 15 is 0 Å². The van der Waals surface area contributed by atoms with Gasteiger partial charge in [0.15, 0.2) is 0 Å². The maximum Gasteiger partial charge on any atom is 0.249 e. The summed E-state index contributed by atoms with van der Waals surface area (Å²) in [4.78, 5) is 12.5. The maximum absolute atomic E-state index is 13.2. The van der Waals surface area contributed by atoms with Crippen LogP contribution < -0.4 is 5.73 Å². The lowest BCUT2D eigenvalue weighted by Gasteiger charge is -2.61. The van der Waals surface area contributed by atoms with Crippen molar-refractivity contribution in [1.82, 2.24) is 20.1 Å². The molecular formula is C15H17F2N5O. The molecule has 4 rings (SSSR count). The van der Waals surface area contributed by atoms with Crippen LogP contribution in [0.3, 0.4) is 0 Å². The molecule has 0 amide bonds. The van der Waals surface area contributed by atoms with Crippen LogP contribution in [0.4, 0.5) is 8.78 Å². The number of halogens is 2. The van der Waals surface area contributed by atoms with Gasteiger partial charge in [-0.3, -0.25) is 0 Å². The molecule has 6 nitrogen and oxygen atoms in total. The summed E-state index contributed by atoms with van der Waals surface area (Å²) in [6.45, 7) is 2.15. The number of aromatic nitrogens is 4. The number of hydrogen-bond donors (Lipinski definition) is 1. The quantitative estimate of drug-likeness (QED) is 0.932. The molecule has 122 valence electrons. The fourth-order valence-corrected chi connectivity index (χ4v) is 4.22. The number of alkyl halides is 2. The highest BCUT2D eigenvalue weighted by Crippen LogP contribution is 2.68. The maximum atomic E-state index is 13.2. The van der Waals surface area contributed by atoms with Gasteiger partial charge in [0.25, 0.3) is 0 Å². The topological polar surface area (TPSA) is 90.7 Å². The zero-order chi connectivity index (χ0) is 16.3. The van der Waals surface area contributed by atoms with Crippen LogP contribution in [0.25, 0.3) is 11.4 Å². The third kappa shape index (κ3) is 2.15. The minimum absolute atomic E-state index is 0.0611. The lowest BCUT2D eigenvalue weighted by molar-refractivity contribution is -0.215. The van der Waals surface area contributed by atoms with E-state index in [1.165, 1.54) is 6.33 Å². The summed E-state index contributed by atoms with van der Waals surface area (Å²) in [5.41, 5.74) is 6.56. The van der Waals surface area contributed by atoms with Crippen LogP contribution in [0.5, 0.6) is 0 Å². The molecule has 0 unspecified atom stereocenters. The second kappa shape index (κ2) is 4.53. The van der Waals surface area contributed by atoms with Gasteiger partial charge in [-0.25, -0.2) is 18.7 Å². The van der Waals surface area contributed by atoms with Crippen molar-refractivity contribution < 1.29 is 13.3 Å². The highest BCUT2D eigenvalue weighted by molar-refractivity contribution is 5.55. The Morgan fingerprint density at radius 3 is 2.61 bits per heavy atom. The minimum atomic E-state index is -2.53. The monoisotopic (exact) mass is 321 g/mol. The molecule has 8 heteroatoms. The molecule has 2 N–H and O–H groups in total. The minimum Gasteiger partial charge on any atom is -0.338 e. The first-order valence-corrected chi connectivity index (χ1v) is 7.56. The molecule has 2 aromatic rings. The van der Waals surface area contributed by atoms with E-state index in [0.717, 1.165) is 5.69 Å². The molecule has 0 aliphatic heterocycles. The summed E-state index contributed by atoms with van der Waals surface area (Å²) < 4.78 is 31.8. The van der Waals surface area contributed by atoms with Crippen LogP contribution in [0.2, 0.25) is 0 Å². The average Bonchev–Trinajstić information content (AvgIpc) is 2.92. The Labute approximate surface area is 131 Å². The van der Waals surface area contributed by atoms with Gasteiger partial charge in [0.1, 0.15) is 6.33 Å². The Morgan fingerprint density at radius 2 is 2.00 bits per heavy atom. The van der Waals surface area contributed by atoms with Crippen molar-refractivity contribution in [1.29, 1.82) is 0 Å². The van der Waals surface area contributed by atoms with Gasteiger partial charge < -0.3 is 10.3 Å². The van der Waals surface area contributed by atoms with Crippen LogP contribution in [0.15, 0.2) is 17.0 Å². The first-order chi connectivity index (χ1) is 10.9. The van der Waals surface area contributed by atoms with Crippen molar-refractivity contribution >= 4 is 0 Å². The fourth-order valence-electron chi connectivity index (χ4n) is 4.22. The van der Waals surface area contributed by atoms with Gasteiger partial charge in [0.05, 0.1) is 16.7 Å². The molecule has 2 aliphatic carbocycles. The first-order valence-electron chi connectivity index (χ1n) is 7.56. The number of nitrogens with two attached hydrogens (primary N) is 1. The van der Waals surface area contributed by atoms with Crippen LogP contribution in [0.1, 0.15) is 37.3 Å². The molecule has 0 saturated heterocycles. The lowest BCUT2D eigenvalue weighted by Crippen LogP contribution is -2.62. The highest BCUT2D eigenvalue weighted by Gasteiger charge is 2.68.